The molecule has 21 heavy (non-hydrogen) atoms. The average molecular weight is 287 g/mol. The lowest BCUT2D eigenvalue weighted by Gasteiger charge is -2.33. The second-order valence-corrected chi connectivity index (χ2v) is 5.79. The first kappa shape index (κ1) is 14.2. The second-order valence-electron chi connectivity index (χ2n) is 5.79. The van der Waals surface area contributed by atoms with E-state index >= 15 is 0 Å². The first-order chi connectivity index (χ1) is 10.1. The zero-order chi connectivity index (χ0) is 14.8. The fourth-order valence-electron chi connectivity index (χ4n) is 3.25. The lowest BCUT2D eigenvalue weighted by Crippen LogP contribution is -2.34. The third-order valence-corrected chi connectivity index (χ3v) is 4.32. The van der Waals surface area contributed by atoms with Gasteiger partial charge >= 0.3 is 0 Å². The van der Waals surface area contributed by atoms with Gasteiger partial charge < -0.3 is 5.32 Å². The van der Waals surface area contributed by atoms with Crippen molar-refractivity contribution in [3.8, 4) is 0 Å². The van der Waals surface area contributed by atoms with Crippen molar-refractivity contribution in [1.29, 1.82) is 0 Å². The Balaban J connectivity index is 1.96. The van der Waals surface area contributed by atoms with Gasteiger partial charge in [-0.15, -0.1) is 0 Å². The fraction of sp³-hybridized carbons (Fsp3) is 0.333. The maximum atomic E-state index is 13.5. The number of aryl methyl sites for hydroxylation is 1. The smallest absolute Gasteiger partial charge is 0.159 e. The van der Waals surface area contributed by atoms with Crippen LogP contribution in [0.15, 0.2) is 42.5 Å². The third-order valence-electron chi connectivity index (χ3n) is 4.32. The van der Waals surface area contributed by atoms with Crippen LogP contribution in [0.2, 0.25) is 0 Å². The van der Waals surface area contributed by atoms with Gasteiger partial charge in [0.05, 0.1) is 0 Å². The van der Waals surface area contributed by atoms with Gasteiger partial charge in [-0.25, -0.2) is 8.78 Å². The molecular formula is C18H19F2N. The molecule has 110 valence electrons. The van der Waals surface area contributed by atoms with Gasteiger partial charge in [0, 0.05) is 12.5 Å². The van der Waals surface area contributed by atoms with Crippen molar-refractivity contribution in [3.63, 3.8) is 0 Å². The van der Waals surface area contributed by atoms with Crippen molar-refractivity contribution >= 4 is 0 Å². The minimum absolute atomic E-state index is 0.225. The number of rotatable bonds is 2. The van der Waals surface area contributed by atoms with E-state index in [0.29, 0.717) is 5.92 Å². The molecule has 0 saturated carbocycles. The summed E-state index contributed by atoms with van der Waals surface area (Å²) >= 11 is 0. The molecule has 1 N–H and O–H groups in total. The van der Waals surface area contributed by atoms with Crippen LogP contribution in [0.4, 0.5) is 8.78 Å². The van der Waals surface area contributed by atoms with Crippen LogP contribution in [0, 0.1) is 18.6 Å². The molecule has 1 heterocycles. The predicted octanol–water partition coefficient (Wildman–Crippen LogP) is 4.13. The lowest BCUT2D eigenvalue weighted by atomic mass is 9.77. The molecule has 0 spiro atoms. The zero-order valence-electron chi connectivity index (χ0n) is 12.1. The molecule has 1 aliphatic heterocycles. The van der Waals surface area contributed by atoms with Gasteiger partial charge in [-0.05, 0) is 49.1 Å². The summed E-state index contributed by atoms with van der Waals surface area (Å²) in [6.07, 6.45) is 0.934. The Bertz CT molecular complexity index is 639. The van der Waals surface area contributed by atoms with E-state index in [0.717, 1.165) is 25.1 Å². The Labute approximate surface area is 124 Å². The Morgan fingerprint density at radius 1 is 0.952 bits per heavy atom. The quantitative estimate of drug-likeness (QED) is 0.875. The summed E-state index contributed by atoms with van der Waals surface area (Å²) in [5, 5.41) is 3.41. The van der Waals surface area contributed by atoms with E-state index < -0.39 is 11.6 Å². The molecule has 1 saturated heterocycles. The topological polar surface area (TPSA) is 12.0 Å². The molecule has 0 bridgehead atoms. The molecule has 0 aliphatic carbocycles. The first-order valence-corrected chi connectivity index (χ1v) is 7.37. The van der Waals surface area contributed by atoms with Gasteiger partial charge in [0.2, 0.25) is 0 Å². The van der Waals surface area contributed by atoms with Gasteiger partial charge in [-0.3, -0.25) is 0 Å². The van der Waals surface area contributed by atoms with Crippen LogP contribution < -0.4 is 5.32 Å². The highest BCUT2D eigenvalue weighted by Crippen LogP contribution is 2.37. The Morgan fingerprint density at radius 3 is 2.52 bits per heavy atom. The molecule has 2 aromatic carbocycles. The first-order valence-electron chi connectivity index (χ1n) is 7.37. The highest BCUT2D eigenvalue weighted by molar-refractivity contribution is 5.32. The summed E-state index contributed by atoms with van der Waals surface area (Å²) in [7, 11) is 0. The van der Waals surface area contributed by atoms with E-state index in [1.54, 1.807) is 6.07 Å². The molecule has 2 atom stereocenters. The number of nitrogens with one attached hydrogen (secondary N) is 1. The molecule has 1 aliphatic rings. The number of halogens is 2. The van der Waals surface area contributed by atoms with Gasteiger partial charge in [0.25, 0.3) is 0 Å². The van der Waals surface area contributed by atoms with Crippen molar-refractivity contribution < 1.29 is 8.78 Å². The van der Waals surface area contributed by atoms with Crippen LogP contribution in [0.5, 0.6) is 0 Å². The van der Waals surface area contributed by atoms with E-state index in [1.807, 2.05) is 0 Å². The number of piperidine rings is 1. The summed E-state index contributed by atoms with van der Waals surface area (Å²) < 4.78 is 26.7. The van der Waals surface area contributed by atoms with Crippen LogP contribution in [0.25, 0.3) is 0 Å². The summed E-state index contributed by atoms with van der Waals surface area (Å²) in [5.41, 5.74) is 3.38. The fourth-order valence-corrected chi connectivity index (χ4v) is 3.25. The van der Waals surface area contributed by atoms with E-state index in [9.17, 15) is 8.78 Å². The van der Waals surface area contributed by atoms with Crippen molar-refractivity contribution in [2.75, 3.05) is 13.1 Å². The minimum Gasteiger partial charge on any atom is -0.316 e. The monoisotopic (exact) mass is 287 g/mol. The minimum atomic E-state index is -0.778. The molecule has 0 radical (unpaired) electrons. The van der Waals surface area contributed by atoms with E-state index in [4.69, 9.17) is 0 Å². The molecular weight excluding hydrogens is 268 g/mol. The van der Waals surface area contributed by atoms with E-state index in [2.05, 4.69) is 36.5 Å². The van der Waals surface area contributed by atoms with Gasteiger partial charge in [0.15, 0.2) is 11.6 Å². The number of hydrogen-bond donors (Lipinski definition) is 1. The second kappa shape index (κ2) is 5.94. The summed E-state index contributed by atoms with van der Waals surface area (Å²) in [5.74, 6) is -1.01. The Kier molecular flexibility index (Phi) is 4.02. The maximum absolute atomic E-state index is 13.5. The van der Waals surface area contributed by atoms with Crippen LogP contribution >= 0.6 is 0 Å². The van der Waals surface area contributed by atoms with Crippen molar-refractivity contribution in [3.05, 3.63) is 70.8 Å². The third kappa shape index (κ3) is 2.98. The Morgan fingerprint density at radius 2 is 1.76 bits per heavy atom. The predicted molar refractivity (Wildman–Crippen MR) is 80.5 cm³/mol. The van der Waals surface area contributed by atoms with Gasteiger partial charge in [0.1, 0.15) is 0 Å². The van der Waals surface area contributed by atoms with Crippen LogP contribution in [-0.2, 0) is 0 Å². The van der Waals surface area contributed by atoms with E-state index in [1.165, 1.54) is 23.3 Å². The number of hydrogen-bond acceptors (Lipinski definition) is 1. The molecule has 0 amide bonds. The molecule has 1 fully saturated rings. The molecule has 2 aromatic rings. The van der Waals surface area contributed by atoms with Crippen LogP contribution in [-0.4, -0.2) is 13.1 Å². The summed E-state index contributed by atoms with van der Waals surface area (Å²) in [4.78, 5) is 0. The Hall–Kier alpha value is -1.74. The van der Waals surface area contributed by atoms with E-state index in [-0.39, 0.29) is 5.92 Å². The van der Waals surface area contributed by atoms with Crippen molar-refractivity contribution in [2.45, 2.75) is 25.2 Å². The van der Waals surface area contributed by atoms with Gasteiger partial charge in [-0.1, -0.05) is 35.9 Å². The lowest BCUT2D eigenvalue weighted by molar-refractivity contribution is 0.401. The summed E-state index contributed by atoms with van der Waals surface area (Å²) in [6, 6.07) is 12.8. The molecule has 3 rings (SSSR count). The van der Waals surface area contributed by atoms with Crippen LogP contribution in [0.3, 0.4) is 0 Å². The highest BCUT2D eigenvalue weighted by atomic mass is 19.2. The average Bonchev–Trinajstić information content (AvgIpc) is 2.50. The van der Waals surface area contributed by atoms with Crippen LogP contribution in [0.1, 0.15) is 34.9 Å². The maximum Gasteiger partial charge on any atom is 0.159 e. The van der Waals surface area contributed by atoms with Crippen molar-refractivity contribution in [1.82, 2.24) is 5.32 Å². The van der Waals surface area contributed by atoms with Gasteiger partial charge in [-0.2, -0.15) is 0 Å². The molecule has 3 heteroatoms. The number of benzene rings is 2. The molecule has 0 aromatic heterocycles. The largest absolute Gasteiger partial charge is 0.316 e. The normalized spacial score (nSPS) is 22.2. The van der Waals surface area contributed by atoms with Crippen molar-refractivity contribution in [2.24, 2.45) is 0 Å². The SMILES string of the molecule is Cc1cccc(C2CNCCC2c2ccc(F)c(F)c2)c1. The molecule has 1 nitrogen and oxygen atoms in total. The molecule has 2 unspecified atom stereocenters. The summed E-state index contributed by atoms with van der Waals surface area (Å²) in [6.45, 7) is 3.85. The zero-order valence-corrected chi connectivity index (χ0v) is 12.1. The standard InChI is InChI=1S/C18H19F2N/c1-12-3-2-4-13(9-12)16-11-21-8-7-15(16)14-5-6-17(19)18(20)10-14/h2-6,9-10,15-16,21H,7-8,11H2,1H3. The highest BCUT2D eigenvalue weighted by Gasteiger charge is 2.28.